The third kappa shape index (κ3) is 7.01. The summed E-state index contributed by atoms with van der Waals surface area (Å²) in [5.74, 6) is 2.04. The summed E-state index contributed by atoms with van der Waals surface area (Å²) in [4.78, 5) is 21.5. The molecular weight excluding hydrogens is 680 g/mol. The number of hydrogen-bond donors (Lipinski definition) is 0. The largest absolute Gasteiger partial charge is 0.328 e. The molecule has 4 aliphatic rings. The standard InChI is InChI=1S/C12H18N2.C11H14N2.C10H13N2O.W/c1-8-6-9(2)11-13-12(4,5)7-14(11)10(8)3;1-7-5-8(2)11-12-9(3)6-13(11)10(7)4;1-7-5-8(2)9-11-10(3,4)13-12(9)6-7;/h6H,7H2,1-5H3;5-6H,1-4H3;5H,1-4H3;/q;;-1;. The van der Waals surface area contributed by atoms with Crippen molar-refractivity contribution in [3.8, 4) is 0 Å². The number of hydroxylamine groups is 2. The van der Waals surface area contributed by atoms with E-state index < -0.39 is 5.72 Å². The van der Waals surface area contributed by atoms with Gasteiger partial charge in [0, 0.05) is 51.0 Å². The number of rotatable bonds is 0. The molecule has 0 unspecified atom stereocenters. The zero-order valence-electron chi connectivity index (χ0n) is 27.0. The molecule has 0 aromatic carbocycles. The van der Waals surface area contributed by atoms with Crippen molar-refractivity contribution >= 4 is 17.3 Å². The van der Waals surface area contributed by atoms with E-state index in [-0.39, 0.29) is 26.6 Å². The average Bonchev–Trinajstić information content (AvgIpc) is 3.49. The molecule has 0 saturated carbocycles. The molecule has 0 N–H and O–H groups in total. The number of amidine groups is 2. The molecule has 2 aromatic rings. The minimum absolute atomic E-state index is 0. The number of pyridine rings is 1. The molecule has 41 heavy (non-hydrogen) atoms. The first-order valence-electron chi connectivity index (χ1n) is 14.0. The van der Waals surface area contributed by atoms with Gasteiger partial charge in [0.05, 0.1) is 11.2 Å². The van der Waals surface area contributed by atoms with Gasteiger partial charge in [-0.2, -0.15) is 6.08 Å². The Hall–Kier alpha value is -2.76. The Kier molecular flexibility index (Phi) is 9.47. The molecule has 0 amide bonds. The van der Waals surface area contributed by atoms with Crippen LogP contribution in [-0.4, -0.2) is 48.8 Å². The first-order chi connectivity index (χ1) is 18.5. The van der Waals surface area contributed by atoms with E-state index in [2.05, 4.69) is 105 Å². The third-order valence-electron chi connectivity index (χ3n) is 7.46. The van der Waals surface area contributed by atoms with Gasteiger partial charge in [-0.15, -0.1) is 11.1 Å². The van der Waals surface area contributed by atoms with Gasteiger partial charge in [-0.1, -0.05) is 32.2 Å². The Morgan fingerprint density at radius 3 is 2.12 bits per heavy atom. The molecule has 8 heteroatoms. The van der Waals surface area contributed by atoms with Crippen molar-refractivity contribution in [3.63, 3.8) is 0 Å². The molecule has 0 radical (unpaired) electrons. The monoisotopic (exact) mass is 725 g/mol. The second kappa shape index (κ2) is 11.9. The van der Waals surface area contributed by atoms with Crippen LogP contribution < -0.4 is 0 Å². The van der Waals surface area contributed by atoms with Gasteiger partial charge >= 0.3 is 0 Å². The van der Waals surface area contributed by atoms with Gasteiger partial charge in [-0.05, 0) is 98.4 Å². The van der Waals surface area contributed by atoms with Crippen molar-refractivity contribution in [3.05, 3.63) is 81.1 Å². The zero-order valence-corrected chi connectivity index (χ0v) is 29.9. The number of nitrogens with zero attached hydrogens (tertiary/aromatic N) is 6. The number of aliphatic imine (C=N–C) groups is 2. The quantitative estimate of drug-likeness (QED) is 0.267. The van der Waals surface area contributed by atoms with Crippen LogP contribution in [0, 0.1) is 33.9 Å². The van der Waals surface area contributed by atoms with Crippen molar-refractivity contribution in [1.82, 2.24) is 19.3 Å². The van der Waals surface area contributed by atoms with Crippen LogP contribution in [-0.2, 0) is 25.9 Å². The fourth-order valence-electron chi connectivity index (χ4n) is 5.34. The van der Waals surface area contributed by atoms with Gasteiger partial charge in [-0.3, -0.25) is 14.8 Å². The van der Waals surface area contributed by atoms with Gasteiger partial charge in [0.1, 0.15) is 11.5 Å². The summed E-state index contributed by atoms with van der Waals surface area (Å²) in [5.41, 5.74) is 11.8. The molecular formula is C33H45N6OW-. The van der Waals surface area contributed by atoms with Crippen LogP contribution in [0.5, 0.6) is 0 Å². The van der Waals surface area contributed by atoms with E-state index in [4.69, 9.17) is 9.83 Å². The van der Waals surface area contributed by atoms with Gasteiger partial charge in [-0.25, -0.2) is 4.98 Å². The summed E-state index contributed by atoms with van der Waals surface area (Å²) in [7, 11) is 0. The molecule has 0 bridgehead atoms. The first kappa shape index (κ1) is 32.7. The summed E-state index contributed by atoms with van der Waals surface area (Å²) < 4.78 is 2.17. The molecule has 0 fully saturated rings. The summed E-state index contributed by atoms with van der Waals surface area (Å²) in [6, 6.07) is 2.19. The fraction of sp³-hybridized carbons (Fsp3) is 0.485. The number of allylic oxidation sites excluding steroid dienone is 5. The Bertz CT molecular complexity index is 1550. The Labute approximate surface area is 260 Å². The Balaban J connectivity index is 0.000000167. The predicted octanol–water partition coefficient (Wildman–Crippen LogP) is 7.33. The zero-order chi connectivity index (χ0) is 29.7. The second-order valence-electron chi connectivity index (χ2n) is 12.5. The Morgan fingerprint density at radius 2 is 1.46 bits per heavy atom. The molecule has 2 aromatic heterocycles. The summed E-state index contributed by atoms with van der Waals surface area (Å²) in [6.45, 7) is 28.2. The molecule has 0 aliphatic carbocycles. The van der Waals surface area contributed by atoms with E-state index in [0.717, 1.165) is 40.7 Å². The first-order valence-corrected chi connectivity index (χ1v) is 14.0. The minimum atomic E-state index is -0.456. The van der Waals surface area contributed by atoms with Gasteiger partial charge in [0.25, 0.3) is 0 Å². The summed E-state index contributed by atoms with van der Waals surface area (Å²) in [6.07, 6.45) is 9.46. The summed E-state index contributed by atoms with van der Waals surface area (Å²) >= 11 is 0. The number of hydrogen-bond acceptors (Lipinski definition) is 6. The smallest absolute Gasteiger partial charge is 0.167 e. The molecule has 0 spiro atoms. The van der Waals surface area contributed by atoms with Crippen LogP contribution in [0.4, 0.5) is 0 Å². The van der Waals surface area contributed by atoms with E-state index in [1.807, 2.05) is 34.6 Å². The van der Waals surface area contributed by atoms with E-state index in [0.29, 0.717) is 0 Å². The van der Waals surface area contributed by atoms with Crippen LogP contribution in [0.25, 0.3) is 5.65 Å². The topological polar surface area (TPSA) is 57.7 Å². The number of fused-ring (bicyclic) bond motifs is 3. The van der Waals surface area contributed by atoms with Crippen LogP contribution in [0.1, 0.15) is 84.8 Å². The van der Waals surface area contributed by atoms with Gasteiger partial charge in [0.15, 0.2) is 5.72 Å². The van der Waals surface area contributed by atoms with Crippen molar-refractivity contribution in [2.45, 2.75) is 101 Å². The molecule has 4 aliphatic heterocycles. The molecule has 0 atom stereocenters. The molecule has 6 heterocycles. The average molecular weight is 726 g/mol. The van der Waals surface area contributed by atoms with E-state index in [1.165, 1.54) is 33.7 Å². The van der Waals surface area contributed by atoms with Crippen LogP contribution in [0.2, 0.25) is 0 Å². The predicted molar refractivity (Wildman–Crippen MR) is 165 cm³/mol. The van der Waals surface area contributed by atoms with Crippen LogP contribution in [0.15, 0.2) is 62.4 Å². The third-order valence-corrected chi connectivity index (χ3v) is 7.46. The normalized spacial score (nSPS) is 19.9. The van der Waals surface area contributed by atoms with Crippen molar-refractivity contribution in [2.24, 2.45) is 9.98 Å². The number of aryl methyl sites for hydroxylation is 4. The molecule has 0 saturated heterocycles. The van der Waals surface area contributed by atoms with Crippen molar-refractivity contribution < 1.29 is 25.9 Å². The van der Waals surface area contributed by atoms with Gasteiger partial charge < -0.3 is 14.4 Å². The maximum absolute atomic E-state index is 5.55. The van der Waals surface area contributed by atoms with Crippen LogP contribution >= 0.6 is 0 Å². The maximum Gasteiger partial charge on any atom is 0.167 e. The van der Waals surface area contributed by atoms with Crippen molar-refractivity contribution in [1.29, 1.82) is 0 Å². The van der Waals surface area contributed by atoms with Gasteiger partial charge in [0.2, 0.25) is 0 Å². The number of aromatic nitrogens is 2. The van der Waals surface area contributed by atoms with E-state index >= 15 is 0 Å². The number of imidazole rings is 1. The van der Waals surface area contributed by atoms with E-state index in [9.17, 15) is 0 Å². The SMILES string of the molecule is CC1=CC(C)=C(C)N2CC(C)(C)N=C12.CC1=[C-]N2OC(C)(C)N=C2C(C)=C1.Cc1cn2c(C)c(C)cc(C)c2n1.[W]. The minimum Gasteiger partial charge on any atom is -0.328 e. The molecule has 220 valence electrons. The Morgan fingerprint density at radius 1 is 0.829 bits per heavy atom. The summed E-state index contributed by atoms with van der Waals surface area (Å²) in [5, 5.41) is 1.63. The van der Waals surface area contributed by atoms with E-state index in [1.54, 1.807) is 5.06 Å². The maximum atomic E-state index is 5.55. The molecule has 6 rings (SSSR count). The van der Waals surface area contributed by atoms with Crippen LogP contribution in [0.3, 0.4) is 0 Å². The fourth-order valence-corrected chi connectivity index (χ4v) is 5.34. The van der Waals surface area contributed by atoms with Crippen molar-refractivity contribution in [2.75, 3.05) is 6.54 Å². The second-order valence-corrected chi connectivity index (χ2v) is 12.5. The molecule has 7 nitrogen and oxygen atoms in total.